The molecular formula is C15H18F2O. The molecule has 2 unspecified atom stereocenters. The highest BCUT2D eigenvalue weighted by Gasteiger charge is 2.45. The van der Waals surface area contributed by atoms with E-state index in [-0.39, 0.29) is 18.8 Å². The number of benzene rings is 1. The lowest BCUT2D eigenvalue weighted by Gasteiger charge is -2.27. The maximum absolute atomic E-state index is 13.2. The summed E-state index contributed by atoms with van der Waals surface area (Å²) in [5, 5.41) is 10.7. The molecule has 2 aliphatic rings. The summed E-state index contributed by atoms with van der Waals surface area (Å²) in [7, 11) is 0. The van der Waals surface area contributed by atoms with Gasteiger partial charge in [-0.2, -0.15) is 0 Å². The van der Waals surface area contributed by atoms with Crippen molar-refractivity contribution in [2.75, 3.05) is 0 Å². The van der Waals surface area contributed by atoms with E-state index in [1.54, 1.807) is 0 Å². The van der Waals surface area contributed by atoms with Crippen molar-refractivity contribution >= 4 is 0 Å². The standard InChI is InChI=1S/C15H18F2O/c16-15(17)8-5-11(10-15)9-14(18)7-6-12-3-1-2-4-13(12)14/h1-4,11,18H,5-10H2. The summed E-state index contributed by atoms with van der Waals surface area (Å²) in [6.07, 6.45) is 2.48. The molecule has 1 nitrogen and oxygen atoms in total. The van der Waals surface area contributed by atoms with Gasteiger partial charge in [-0.05, 0) is 42.7 Å². The first kappa shape index (κ1) is 12.1. The first-order valence-electron chi connectivity index (χ1n) is 6.67. The van der Waals surface area contributed by atoms with E-state index in [1.165, 1.54) is 5.56 Å². The zero-order chi connectivity index (χ0) is 12.8. The van der Waals surface area contributed by atoms with Gasteiger partial charge in [-0.3, -0.25) is 0 Å². The third-order valence-corrected chi connectivity index (χ3v) is 4.46. The van der Waals surface area contributed by atoms with Crippen LogP contribution in [0.4, 0.5) is 8.78 Å². The van der Waals surface area contributed by atoms with Gasteiger partial charge in [-0.1, -0.05) is 24.3 Å². The molecule has 0 spiro atoms. The van der Waals surface area contributed by atoms with Crippen molar-refractivity contribution in [3.05, 3.63) is 35.4 Å². The number of hydrogen-bond donors (Lipinski definition) is 1. The van der Waals surface area contributed by atoms with Gasteiger partial charge >= 0.3 is 0 Å². The third kappa shape index (κ3) is 2.05. The Hall–Kier alpha value is -0.960. The quantitative estimate of drug-likeness (QED) is 0.852. The molecule has 1 fully saturated rings. The molecule has 1 aromatic carbocycles. The zero-order valence-electron chi connectivity index (χ0n) is 10.3. The van der Waals surface area contributed by atoms with Crippen LogP contribution in [0.5, 0.6) is 0 Å². The Morgan fingerprint density at radius 1 is 1.22 bits per heavy atom. The van der Waals surface area contributed by atoms with E-state index in [4.69, 9.17) is 0 Å². The number of fused-ring (bicyclic) bond motifs is 1. The fourth-order valence-corrected chi connectivity index (χ4v) is 3.57. The molecule has 3 rings (SSSR count). The lowest BCUT2D eigenvalue weighted by atomic mass is 9.85. The lowest BCUT2D eigenvalue weighted by molar-refractivity contribution is -0.0119. The van der Waals surface area contributed by atoms with E-state index in [9.17, 15) is 13.9 Å². The van der Waals surface area contributed by atoms with Gasteiger partial charge in [0.2, 0.25) is 5.92 Å². The van der Waals surface area contributed by atoms with E-state index >= 15 is 0 Å². The van der Waals surface area contributed by atoms with E-state index in [0.29, 0.717) is 19.3 Å². The van der Waals surface area contributed by atoms with Crippen LogP contribution in [-0.2, 0) is 12.0 Å². The Labute approximate surface area is 106 Å². The van der Waals surface area contributed by atoms with Crippen LogP contribution < -0.4 is 0 Å². The van der Waals surface area contributed by atoms with Gasteiger partial charge in [0.1, 0.15) is 0 Å². The maximum Gasteiger partial charge on any atom is 0.248 e. The highest BCUT2D eigenvalue weighted by molar-refractivity contribution is 5.37. The van der Waals surface area contributed by atoms with Crippen molar-refractivity contribution in [1.82, 2.24) is 0 Å². The molecular weight excluding hydrogens is 234 g/mol. The van der Waals surface area contributed by atoms with E-state index < -0.39 is 11.5 Å². The molecule has 0 aromatic heterocycles. The second-order valence-electron chi connectivity index (χ2n) is 5.86. The zero-order valence-corrected chi connectivity index (χ0v) is 10.3. The highest BCUT2D eigenvalue weighted by Crippen LogP contribution is 2.47. The molecule has 2 atom stereocenters. The summed E-state index contributed by atoms with van der Waals surface area (Å²) >= 11 is 0. The normalized spacial score (nSPS) is 33.6. The highest BCUT2D eigenvalue weighted by atomic mass is 19.3. The summed E-state index contributed by atoms with van der Waals surface area (Å²) in [5.41, 5.74) is 1.26. The summed E-state index contributed by atoms with van der Waals surface area (Å²) in [5.74, 6) is -2.56. The Kier molecular flexibility index (Phi) is 2.70. The van der Waals surface area contributed by atoms with Crippen molar-refractivity contribution in [1.29, 1.82) is 0 Å². The predicted octanol–water partition coefficient (Wildman–Crippen LogP) is 3.65. The van der Waals surface area contributed by atoms with Crippen LogP contribution in [0, 0.1) is 5.92 Å². The molecule has 0 saturated heterocycles. The minimum atomic E-state index is -2.51. The topological polar surface area (TPSA) is 20.2 Å². The van der Waals surface area contributed by atoms with Crippen LogP contribution in [0.25, 0.3) is 0 Å². The number of aryl methyl sites for hydroxylation is 1. The molecule has 0 bridgehead atoms. The largest absolute Gasteiger partial charge is 0.385 e. The van der Waals surface area contributed by atoms with Crippen LogP contribution in [0.15, 0.2) is 24.3 Å². The second kappa shape index (κ2) is 4.02. The summed E-state index contributed by atoms with van der Waals surface area (Å²) < 4.78 is 26.4. The Bertz CT molecular complexity index is 458. The van der Waals surface area contributed by atoms with Gasteiger partial charge in [0.05, 0.1) is 5.60 Å². The fraction of sp³-hybridized carbons (Fsp3) is 0.600. The maximum atomic E-state index is 13.2. The first-order valence-corrected chi connectivity index (χ1v) is 6.67. The number of hydrogen-bond acceptors (Lipinski definition) is 1. The Balaban J connectivity index is 1.78. The van der Waals surface area contributed by atoms with Crippen LogP contribution in [0.2, 0.25) is 0 Å². The molecule has 0 radical (unpaired) electrons. The number of aliphatic hydroxyl groups is 1. The Morgan fingerprint density at radius 3 is 2.72 bits per heavy atom. The van der Waals surface area contributed by atoms with Crippen molar-refractivity contribution in [2.45, 2.75) is 50.0 Å². The molecule has 0 amide bonds. The molecule has 0 heterocycles. The fourth-order valence-electron chi connectivity index (χ4n) is 3.57. The number of rotatable bonds is 2. The molecule has 3 heteroatoms. The van der Waals surface area contributed by atoms with E-state index in [2.05, 4.69) is 0 Å². The van der Waals surface area contributed by atoms with Gasteiger partial charge in [-0.25, -0.2) is 8.78 Å². The van der Waals surface area contributed by atoms with E-state index in [0.717, 1.165) is 12.0 Å². The minimum Gasteiger partial charge on any atom is -0.385 e. The van der Waals surface area contributed by atoms with Crippen LogP contribution in [0.1, 0.15) is 43.2 Å². The Morgan fingerprint density at radius 2 is 2.00 bits per heavy atom. The summed E-state index contributed by atoms with van der Waals surface area (Å²) in [6, 6.07) is 7.85. The second-order valence-corrected chi connectivity index (χ2v) is 5.86. The summed E-state index contributed by atoms with van der Waals surface area (Å²) in [6.45, 7) is 0. The predicted molar refractivity (Wildman–Crippen MR) is 65.6 cm³/mol. The molecule has 1 N–H and O–H groups in total. The number of halogens is 2. The average Bonchev–Trinajstić information content (AvgIpc) is 2.82. The minimum absolute atomic E-state index is 0.0185. The van der Waals surface area contributed by atoms with Gasteiger partial charge in [0.25, 0.3) is 0 Å². The molecule has 18 heavy (non-hydrogen) atoms. The van der Waals surface area contributed by atoms with Gasteiger partial charge in [0.15, 0.2) is 0 Å². The molecule has 98 valence electrons. The van der Waals surface area contributed by atoms with E-state index in [1.807, 2.05) is 24.3 Å². The average molecular weight is 252 g/mol. The van der Waals surface area contributed by atoms with Crippen molar-refractivity contribution < 1.29 is 13.9 Å². The van der Waals surface area contributed by atoms with Crippen LogP contribution >= 0.6 is 0 Å². The monoisotopic (exact) mass is 252 g/mol. The van der Waals surface area contributed by atoms with Crippen molar-refractivity contribution in [3.8, 4) is 0 Å². The molecule has 1 saturated carbocycles. The SMILES string of the molecule is OC1(CC2CCC(F)(F)C2)CCc2ccccc21. The van der Waals surface area contributed by atoms with Crippen molar-refractivity contribution in [2.24, 2.45) is 5.92 Å². The van der Waals surface area contributed by atoms with Gasteiger partial charge in [0, 0.05) is 12.8 Å². The van der Waals surface area contributed by atoms with Crippen molar-refractivity contribution in [3.63, 3.8) is 0 Å². The smallest absolute Gasteiger partial charge is 0.248 e. The summed E-state index contributed by atoms with van der Waals surface area (Å²) in [4.78, 5) is 0. The molecule has 0 aliphatic heterocycles. The third-order valence-electron chi connectivity index (χ3n) is 4.46. The lowest BCUT2D eigenvalue weighted by Crippen LogP contribution is -2.25. The number of alkyl halides is 2. The van der Waals surface area contributed by atoms with Crippen LogP contribution in [-0.4, -0.2) is 11.0 Å². The van der Waals surface area contributed by atoms with Gasteiger partial charge < -0.3 is 5.11 Å². The molecule has 1 aromatic rings. The van der Waals surface area contributed by atoms with Gasteiger partial charge in [-0.15, -0.1) is 0 Å². The molecule has 2 aliphatic carbocycles. The first-order chi connectivity index (χ1) is 8.49. The van der Waals surface area contributed by atoms with Crippen LogP contribution in [0.3, 0.4) is 0 Å².